The van der Waals surface area contributed by atoms with Crippen LogP contribution in [0.4, 0.5) is 15.9 Å². The van der Waals surface area contributed by atoms with Gasteiger partial charge >= 0.3 is 0 Å². The van der Waals surface area contributed by atoms with E-state index < -0.39 is 0 Å². The van der Waals surface area contributed by atoms with E-state index in [2.05, 4.69) is 17.3 Å². The quantitative estimate of drug-likeness (QED) is 0.745. The third-order valence-corrected chi connectivity index (χ3v) is 6.68. The number of likely N-dealkylation sites (tertiary alicyclic amines) is 1. The average Bonchev–Trinajstić information content (AvgIpc) is 2.82. The lowest BCUT2D eigenvalue weighted by Gasteiger charge is -2.32. The Kier molecular flexibility index (Phi) is 6.89. The molecule has 4 rings (SSSR count). The molecule has 1 N–H and O–H groups in total. The van der Waals surface area contributed by atoms with Crippen LogP contribution >= 0.6 is 0 Å². The van der Waals surface area contributed by atoms with E-state index >= 15 is 0 Å². The number of amides is 1. The summed E-state index contributed by atoms with van der Waals surface area (Å²) in [6.45, 7) is 3.74. The summed E-state index contributed by atoms with van der Waals surface area (Å²) in [6, 6.07) is 6.65. The number of halogens is 1. The van der Waals surface area contributed by atoms with Crippen molar-refractivity contribution in [2.75, 3.05) is 57.5 Å². The summed E-state index contributed by atoms with van der Waals surface area (Å²) in [7, 11) is 5.87. The number of nitrogens with zero attached hydrogens (tertiary/aromatic N) is 5. The third-order valence-electron chi connectivity index (χ3n) is 6.68. The summed E-state index contributed by atoms with van der Waals surface area (Å²) in [5, 5.41) is 3.24. The van der Waals surface area contributed by atoms with Crippen LogP contribution in [0.3, 0.4) is 0 Å². The molecular formula is C24H33FN6O. The van der Waals surface area contributed by atoms with Gasteiger partial charge in [0, 0.05) is 45.1 Å². The smallest absolute Gasteiger partial charge is 0.224 e. The molecule has 2 aliphatic heterocycles. The zero-order valence-corrected chi connectivity index (χ0v) is 19.3. The Morgan fingerprint density at radius 1 is 1.22 bits per heavy atom. The van der Waals surface area contributed by atoms with Gasteiger partial charge in [-0.2, -0.15) is 0 Å². The molecule has 7 nitrogen and oxygen atoms in total. The first-order valence-electron chi connectivity index (χ1n) is 11.5. The van der Waals surface area contributed by atoms with Crippen molar-refractivity contribution in [2.45, 2.75) is 38.1 Å². The maximum absolute atomic E-state index is 14.0. The number of nitrogens with one attached hydrogen (secondary N) is 1. The first-order valence-corrected chi connectivity index (χ1v) is 11.5. The Morgan fingerprint density at radius 3 is 2.69 bits per heavy atom. The molecule has 3 heterocycles. The van der Waals surface area contributed by atoms with E-state index in [1.807, 2.05) is 19.0 Å². The molecule has 172 valence electrons. The number of carbonyl (C=O) groups excluding carboxylic acids is 1. The molecule has 0 aliphatic carbocycles. The van der Waals surface area contributed by atoms with E-state index in [9.17, 15) is 9.18 Å². The maximum Gasteiger partial charge on any atom is 0.224 e. The van der Waals surface area contributed by atoms with E-state index in [0.29, 0.717) is 37.7 Å². The van der Waals surface area contributed by atoms with Crippen LogP contribution in [0.2, 0.25) is 0 Å². The first kappa shape index (κ1) is 22.5. The van der Waals surface area contributed by atoms with Crippen LogP contribution in [0.5, 0.6) is 0 Å². The second kappa shape index (κ2) is 9.81. The van der Waals surface area contributed by atoms with Crippen LogP contribution < -0.4 is 10.2 Å². The lowest BCUT2D eigenvalue weighted by atomic mass is 9.95. The fourth-order valence-corrected chi connectivity index (χ4v) is 4.62. The number of benzene rings is 1. The third kappa shape index (κ3) is 4.85. The molecule has 0 atom stereocenters. The minimum Gasteiger partial charge on any atom is -0.373 e. The predicted molar refractivity (Wildman–Crippen MR) is 124 cm³/mol. The van der Waals surface area contributed by atoms with E-state index in [4.69, 9.17) is 9.97 Å². The van der Waals surface area contributed by atoms with Gasteiger partial charge in [0.15, 0.2) is 0 Å². The lowest BCUT2D eigenvalue weighted by Crippen LogP contribution is -2.39. The number of rotatable bonds is 6. The van der Waals surface area contributed by atoms with Crippen molar-refractivity contribution in [2.24, 2.45) is 0 Å². The van der Waals surface area contributed by atoms with Crippen molar-refractivity contribution in [3.63, 3.8) is 0 Å². The Morgan fingerprint density at radius 2 is 1.97 bits per heavy atom. The molecule has 32 heavy (non-hydrogen) atoms. The van der Waals surface area contributed by atoms with E-state index in [1.165, 1.54) is 6.07 Å². The summed E-state index contributed by atoms with van der Waals surface area (Å²) in [6.07, 6.45) is 3.20. The Labute approximate surface area is 189 Å². The highest BCUT2D eigenvalue weighted by Crippen LogP contribution is 2.30. The van der Waals surface area contributed by atoms with E-state index in [0.717, 1.165) is 55.3 Å². The van der Waals surface area contributed by atoms with Crippen molar-refractivity contribution in [3.05, 3.63) is 47.2 Å². The highest BCUT2D eigenvalue weighted by atomic mass is 19.1. The van der Waals surface area contributed by atoms with Crippen molar-refractivity contribution >= 4 is 17.4 Å². The van der Waals surface area contributed by atoms with Gasteiger partial charge in [0.1, 0.15) is 17.5 Å². The molecule has 0 radical (unpaired) electrons. The molecule has 1 amide bonds. The molecule has 8 heteroatoms. The number of fused-ring (bicyclic) bond motifs is 1. The van der Waals surface area contributed by atoms with Crippen molar-refractivity contribution in [1.82, 2.24) is 19.8 Å². The van der Waals surface area contributed by atoms with Crippen molar-refractivity contribution in [3.8, 4) is 0 Å². The molecule has 1 aromatic carbocycles. The number of carbonyl (C=O) groups is 1. The Hall–Kier alpha value is -2.74. The second-order valence-corrected chi connectivity index (χ2v) is 8.87. The van der Waals surface area contributed by atoms with Gasteiger partial charge in [-0.25, -0.2) is 14.4 Å². The summed E-state index contributed by atoms with van der Waals surface area (Å²) >= 11 is 0. The van der Waals surface area contributed by atoms with Gasteiger partial charge in [0.2, 0.25) is 5.91 Å². The number of aromatic nitrogens is 2. The molecule has 1 saturated heterocycles. The highest BCUT2D eigenvalue weighted by molar-refractivity contribution is 5.77. The molecule has 0 spiro atoms. The number of anilines is 2. The molecule has 2 aliphatic rings. The SMILES string of the molecule is CNc1nc(C2CCN(C)CC2)nc2c1CCN(C(=O)CCN(C)c1ccccc1F)C2. The van der Waals surface area contributed by atoms with Gasteiger partial charge in [0.05, 0.1) is 17.9 Å². The predicted octanol–water partition coefficient (Wildman–Crippen LogP) is 2.88. The summed E-state index contributed by atoms with van der Waals surface area (Å²) in [5.41, 5.74) is 2.59. The van der Waals surface area contributed by atoms with Crippen LogP contribution in [0, 0.1) is 5.82 Å². The first-order chi connectivity index (χ1) is 15.5. The number of piperidine rings is 1. The van der Waals surface area contributed by atoms with Crippen molar-refractivity contribution in [1.29, 1.82) is 0 Å². The van der Waals surface area contributed by atoms with Gasteiger partial charge in [-0.1, -0.05) is 12.1 Å². The molecule has 0 saturated carbocycles. The zero-order valence-electron chi connectivity index (χ0n) is 19.3. The van der Waals surface area contributed by atoms with Crippen LogP contribution in [-0.2, 0) is 17.8 Å². The normalized spacial score (nSPS) is 17.2. The van der Waals surface area contributed by atoms with Crippen LogP contribution in [0.25, 0.3) is 0 Å². The number of hydrogen-bond donors (Lipinski definition) is 1. The Bertz CT molecular complexity index is 960. The zero-order chi connectivity index (χ0) is 22.7. The fraction of sp³-hybridized carbons (Fsp3) is 0.542. The van der Waals surface area contributed by atoms with Crippen LogP contribution in [-0.4, -0.2) is 73.0 Å². The largest absolute Gasteiger partial charge is 0.373 e. The summed E-state index contributed by atoms with van der Waals surface area (Å²) in [5.74, 6) is 1.96. The summed E-state index contributed by atoms with van der Waals surface area (Å²) in [4.78, 5) is 28.7. The van der Waals surface area contributed by atoms with Crippen LogP contribution in [0.1, 0.15) is 42.3 Å². The monoisotopic (exact) mass is 440 g/mol. The second-order valence-electron chi connectivity index (χ2n) is 8.87. The molecule has 0 unspecified atom stereocenters. The highest BCUT2D eigenvalue weighted by Gasteiger charge is 2.28. The van der Waals surface area contributed by atoms with Crippen LogP contribution in [0.15, 0.2) is 24.3 Å². The molecule has 2 aromatic rings. The number of hydrogen-bond acceptors (Lipinski definition) is 6. The van der Waals surface area contributed by atoms with E-state index in [-0.39, 0.29) is 11.7 Å². The van der Waals surface area contributed by atoms with Gasteiger partial charge in [-0.15, -0.1) is 0 Å². The molecule has 0 bridgehead atoms. The fourth-order valence-electron chi connectivity index (χ4n) is 4.62. The summed E-state index contributed by atoms with van der Waals surface area (Å²) < 4.78 is 14.0. The van der Waals surface area contributed by atoms with Crippen molar-refractivity contribution < 1.29 is 9.18 Å². The average molecular weight is 441 g/mol. The molecule has 1 aromatic heterocycles. The standard InChI is InChI=1S/C24H33FN6O/c1-26-24-18-10-15-31(22(32)11-14-30(3)21-7-5-4-6-19(21)25)16-20(18)27-23(28-24)17-8-12-29(2)13-9-17/h4-7,17H,8-16H2,1-3H3,(H,26,27,28). The molecular weight excluding hydrogens is 407 g/mol. The van der Waals surface area contributed by atoms with Gasteiger partial charge in [0.25, 0.3) is 0 Å². The van der Waals surface area contributed by atoms with Gasteiger partial charge < -0.3 is 20.0 Å². The minimum absolute atomic E-state index is 0.0734. The van der Waals surface area contributed by atoms with Gasteiger partial charge in [-0.3, -0.25) is 4.79 Å². The molecule has 1 fully saturated rings. The topological polar surface area (TPSA) is 64.6 Å². The van der Waals surface area contributed by atoms with E-state index in [1.54, 1.807) is 23.1 Å². The maximum atomic E-state index is 14.0. The lowest BCUT2D eigenvalue weighted by molar-refractivity contribution is -0.132. The Balaban J connectivity index is 1.43. The minimum atomic E-state index is -0.271. The number of para-hydroxylation sites is 1. The van der Waals surface area contributed by atoms with Gasteiger partial charge in [-0.05, 0) is 51.5 Å².